The van der Waals surface area contributed by atoms with E-state index in [0.717, 1.165) is 15.6 Å². The number of nitrogens with zero attached hydrogens (tertiary/aromatic N) is 4. The quantitative estimate of drug-likeness (QED) is 0.912. The van der Waals surface area contributed by atoms with Crippen molar-refractivity contribution >= 4 is 21.9 Å². The highest BCUT2D eigenvalue weighted by Gasteiger charge is 2.12. The number of rotatable bonds is 5. The molecule has 0 saturated heterocycles. The topological polar surface area (TPSA) is 80.9 Å². The number of carboxylic acids is 1. The lowest BCUT2D eigenvalue weighted by atomic mass is 10.1. The van der Waals surface area contributed by atoms with Gasteiger partial charge in [0.1, 0.15) is 0 Å². The van der Waals surface area contributed by atoms with Crippen molar-refractivity contribution in [2.24, 2.45) is 0 Å². The number of hydrogen-bond donors (Lipinski definition) is 1. The van der Waals surface area contributed by atoms with Crippen molar-refractivity contribution in [2.75, 3.05) is 0 Å². The Balaban J connectivity index is 2.23. The molecule has 1 heterocycles. The maximum Gasteiger partial charge on any atom is 0.303 e. The van der Waals surface area contributed by atoms with Gasteiger partial charge in [0, 0.05) is 23.0 Å². The molecule has 0 aliphatic rings. The average molecular weight is 325 g/mol. The van der Waals surface area contributed by atoms with Crippen molar-refractivity contribution in [3.63, 3.8) is 0 Å². The van der Waals surface area contributed by atoms with Gasteiger partial charge in [0.2, 0.25) is 0 Å². The molecular weight excluding hydrogens is 312 g/mol. The van der Waals surface area contributed by atoms with Crippen LogP contribution >= 0.6 is 15.9 Å². The standard InChI is InChI=1S/C12H13BrN4O2/c1-8-4-5-9(13)7-10(8)12-14-15-16-17(12)6-2-3-11(18)19/h4-5,7H,2-3,6H2,1H3,(H,18,19). The summed E-state index contributed by atoms with van der Waals surface area (Å²) >= 11 is 3.42. The molecule has 2 aromatic rings. The van der Waals surface area contributed by atoms with E-state index in [-0.39, 0.29) is 6.42 Å². The van der Waals surface area contributed by atoms with Gasteiger partial charge >= 0.3 is 5.97 Å². The molecule has 0 saturated carbocycles. The van der Waals surface area contributed by atoms with E-state index in [4.69, 9.17) is 5.11 Å². The van der Waals surface area contributed by atoms with E-state index in [1.807, 2.05) is 25.1 Å². The van der Waals surface area contributed by atoms with Crippen molar-refractivity contribution in [2.45, 2.75) is 26.3 Å². The molecule has 7 heteroatoms. The lowest BCUT2D eigenvalue weighted by molar-refractivity contribution is -0.137. The van der Waals surface area contributed by atoms with Gasteiger partial charge in [-0.15, -0.1) is 5.10 Å². The average Bonchev–Trinajstić information content (AvgIpc) is 2.80. The molecule has 0 bridgehead atoms. The Hall–Kier alpha value is -1.76. The van der Waals surface area contributed by atoms with Gasteiger partial charge in [-0.25, -0.2) is 4.68 Å². The highest BCUT2D eigenvalue weighted by atomic mass is 79.9. The van der Waals surface area contributed by atoms with Gasteiger partial charge in [-0.1, -0.05) is 22.0 Å². The zero-order chi connectivity index (χ0) is 13.8. The normalized spacial score (nSPS) is 10.6. The maximum atomic E-state index is 10.5. The molecule has 6 nitrogen and oxygen atoms in total. The number of carboxylic acid groups (broad SMARTS) is 1. The highest BCUT2D eigenvalue weighted by molar-refractivity contribution is 9.10. The Bertz CT molecular complexity index is 597. The minimum Gasteiger partial charge on any atom is -0.481 e. The summed E-state index contributed by atoms with van der Waals surface area (Å²) in [7, 11) is 0. The second kappa shape index (κ2) is 5.92. The fourth-order valence-electron chi connectivity index (χ4n) is 1.76. The molecule has 1 aromatic heterocycles. The van der Waals surface area contributed by atoms with E-state index < -0.39 is 5.97 Å². The molecule has 0 aliphatic carbocycles. The predicted octanol–water partition coefficient (Wildman–Crippen LogP) is 2.28. The first kappa shape index (κ1) is 13.7. The molecule has 0 atom stereocenters. The van der Waals surface area contributed by atoms with Gasteiger partial charge in [-0.05, 0) is 41.5 Å². The first-order valence-electron chi connectivity index (χ1n) is 5.82. The smallest absolute Gasteiger partial charge is 0.303 e. The van der Waals surface area contributed by atoms with E-state index >= 15 is 0 Å². The molecule has 19 heavy (non-hydrogen) atoms. The number of halogens is 1. The van der Waals surface area contributed by atoms with Crippen LogP contribution in [0.25, 0.3) is 11.4 Å². The van der Waals surface area contributed by atoms with Crippen LogP contribution in [0.1, 0.15) is 18.4 Å². The minimum atomic E-state index is -0.812. The summed E-state index contributed by atoms with van der Waals surface area (Å²) in [6.07, 6.45) is 0.608. The Morgan fingerprint density at radius 3 is 3.00 bits per heavy atom. The summed E-state index contributed by atoms with van der Waals surface area (Å²) in [5.74, 6) is -0.155. The van der Waals surface area contributed by atoms with E-state index in [1.165, 1.54) is 0 Å². The van der Waals surface area contributed by atoms with Crippen molar-refractivity contribution in [3.05, 3.63) is 28.2 Å². The fourth-order valence-corrected chi connectivity index (χ4v) is 2.12. The first-order chi connectivity index (χ1) is 9.08. The van der Waals surface area contributed by atoms with Crippen LogP contribution in [0.4, 0.5) is 0 Å². The Labute approximate surface area is 118 Å². The summed E-state index contributed by atoms with van der Waals surface area (Å²) in [6, 6.07) is 5.89. The Morgan fingerprint density at radius 2 is 2.26 bits per heavy atom. The van der Waals surface area contributed by atoms with Crippen LogP contribution in [0.3, 0.4) is 0 Å². The summed E-state index contributed by atoms with van der Waals surface area (Å²) in [5, 5.41) is 20.2. The third-order valence-corrected chi connectivity index (χ3v) is 3.23. The Kier molecular flexibility index (Phi) is 4.26. The number of aryl methyl sites for hydroxylation is 2. The largest absolute Gasteiger partial charge is 0.481 e. The zero-order valence-corrected chi connectivity index (χ0v) is 12.0. The third kappa shape index (κ3) is 3.37. The SMILES string of the molecule is Cc1ccc(Br)cc1-c1nnnn1CCCC(=O)O. The van der Waals surface area contributed by atoms with Crippen LogP contribution < -0.4 is 0 Å². The number of aromatic nitrogens is 4. The van der Waals surface area contributed by atoms with Crippen LogP contribution in [0.2, 0.25) is 0 Å². The van der Waals surface area contributed by atoms with Gasteiger partial charge in [0.15, 0.2) is 5.82 Å². The third-order valence-electron chi connectivity index (χ3n) is 2.73. The predicted molar refractivity (Wildman–Crippen MR) is 72.6 cm³/mol. The molecule has 0 fully saturated rings. The molecule has 2 rings (SSSR count). The maximum absolute atomic E-state index is 10.5. The molecule has 1 N–H and O–H groups in total. The number of aliphatic carboxylic acids is 1. The molecule has 0 radical (unpaired) electrons. The van der Waals surface area contributed by atoms with Crippen molar-refractivity contribution in [1.82, 2.24) is 20.2 Å². The molecular formula is C12H13BrN4O2. The van der Waals surface area contributed by atoms with Crippen molar-refractivity contribution in [3.8, 4) is 11.4 Å². The second-order valence-electron chi connectivity index (χ2n) is 4.18. The van der Waals surface area contributed by atoms with Crippen LogP contribution in [-0.4, -0.2) is 31.3 Å². The van der Waals surface area contributed by atoms with Crippen molar-refractivity contribution < 1.29 is 9.90 Å². The molecule has 1 aromatic carbocycles. The monoisotopic (exact) mass is 324 g/mol. The number of benzene rings is 1. The number of tetrazole rings is 1. The minimum absolute atomic E-state index is 0.108. The number of carbonyl (C=O) groups is 1. The molecule has 0 aliphatic heterocycles. The second-order valence-corrected chi connectivity index (χ2v) is 5.10. The molecule has 100 valence electrons. The first-order valence-corrected chi connectivity index (χ1v) is 6.61. The fraction of sp³-hybridized carbons (Fsp3) is 0.333. The van der Waals surface area contributed by atoms with Crippen LogP contribution in [0.15, 0.2) is 22.7 Å². The molecule has 0 amide bonds. The summed E-state index contributed by atoms with van der Waals surface area (Å²) in [5.41, 5.74) is 2.01. The lowest BCUT2D eigenvalue weighted by Crippen LogP contribution is -2.06. The van der Waals surface area contributed by atoms with Crippen LogP contribution in [0.5, 0.6) is 0 Å². The molecule has 0 spiro atoms. The highest BCUT2D eigenvalue weighted by Crippen LogP contribution is 2.24. The summed E-state index contributed by atoms with van der Waals surface area (Å²) in [6.45, 7) is 2.47. The van der Waals surface area contributed by atoms with E-state index in [1.54, 1.807) is 4.68 Å². The van der Waals surface area contributed by atoms with E-state index in [0.29, 0.717) is 18.8 Å². The van der Waals surface area contributed by atoms with Crippen LogP contribution in [-0.2, 0) is 11.3 Å². The van der Waals surface area contributed by atoms with Gasteiger partial charge in [-0.2, -0.15) is 0 Å². The van der Waals surface area contributed by atoms with Gasteiger partial charge in [0.05, 0.1) is 0 Å². The van der Waals surface area contributed by atoms with Gasteiger partial charge < -0.3 is 5.11 Å². The van der Waals surface area contributed by atoms with Gasteiger partial charge in [0.25, 0.3) is 0 Å². The summed E-state index contributed by atoms with van der Waals surface area (Å²) in [4.78, 5) is 10.5. The molecule has 0 unspecified atom stereocenters. The lowest BCUT2D eigenvalue weighted by Gasteiger charge is -2.07. The van der Waals surface area contributed by atoms with E-state index in [9.17, 15) is 4.79 Å². The van der Waals surface area contributed by atoms with E-state index in [2.05, 4.69) is 31.5 Å². The van der Waals surface area contributed by atoms with Crippen molar-refractivity contribution in [1.29, 1.82) is 0 Å². The zero-order valence-electron chi connectivity index (χ0n) is 10.4. The number of hydrogen-bond acceptors (Lipinski definition) is 4. The Morgan fingerprint density at radius 1 is 1.47 bits per heavy atom. The van der Waals surface area contributed by atoms with Gasteiger partial charge in [-0.3, -0.25) is 4.79 Å². The van der Waals surface area contributed by atoms with Crippen LogP contribution in [0, 0.1) is 6.92 Å². The summed E-state index contributed by atoms with van der Waals surface area (Å²) < 4.78 is 2.59.